The Labute approximate surface area is 162 Å². The van der Waals surface area contributed by atoms with Gasteiger partial charge in [0, 0.05) is 30.9 Å². The molecule has 0 atom stereocenters. The first-order valence-electron chi connectivity index (χ1n) is 9.19. The van der Waals surface area contributed by atoms with Crippen LogP contribution in [0.15, 0.2) is 54.6 Å². The van der Waals surface area contributed by atoms with Crippen molar-refractivity contribution in [3.05, 3.63) is 71.7 Å². The van der Waals surface area contributed by atoms with Crippen LogP contribution >= 0.6 is 0 Å². The number of hydrogen-bond acceptors (Lipinski definition) is 4. The maximum absolute atomic E-state index is 13.1. The molecular formula is C21H21FN4O2. The van der Waals surface area contributed by atoms with Gasteiger partial charge < -0.3 is 10.1 Å². The van der Waals surface area contributed by atoms with Crippen LogP contribution in [0.2, 0.25) is 0 Å². The topological polar surface area (TPSA) is 70.2 Å². The normalized spacial score (nSPS) is 14.8. The van der Waals surface area contributed by atoms with Gasteiger partial charge in [-0.25, -0.2) is 4.39 Å². The Morgan fingerprint density at radius 2 is 1.93 bits per heavy atom. The van der Waals surface area contributed by atoms with Crippen LogP contribution in [0.3, 0.4) is 0 Å². The van der Waals surface area contributed by atoms with E-state index in [2.05, 4.69) is 20.4 Å². The van der Waals surface area contributed by atoms with Crippen LogP contribution in [-0.4, -0.2) is 47.3 Å². The predicted octanol–water partition coefficient (Wildman–Crippen LogP) is 3.30. The van der Waals surface area contributed by atoms with Gasteiger partial charge in [0.05, 0.1) is 18.9 Å². The number of anilines is 1. The van der Waals surface area contributed by atoms with Gasteiger partial charge in [-0.2, -0.15) is 5.10 Å². The van der Waals surface area contributed by atoms with Crippen molar-refractivity contribution in [2.45, 2.75) is 6.54 Å². The number of halogens is 1. The highest BCUT2D eigenvalue weighted by Gasteiger charge is 2.13. The van der Waals surface area contributed by atoms with Gasteiger partial charge in [0.1, 0.15) is 11.5 Å². The lowest BCUT2D eigenvalue weighted by Crippen LogP contribution is -2.35. The molecule has 0 saturated carbocycles. The molecule has 2 heterocycles. The molecule has 2 aromatic carbocycles. The fourth-order valence-electron chi connectivity index (χ4n) is 3.17. The number of aromatic amines is 1. The molecule has 1 amide bonds. The largest absolute Gasteiger partial charge is 0.379 e. The summed E-state index contributed by atoms with van der Waals surface area (Å²) in [6.07, 6.45) is 0. The quantitative estimate of drug-likeness (QED) is 0.713. The van der Waals surface area contributed by atoms with E-state index in [9.17, 15) is 9.18 Å². The maximum atomic E-state index is 13.1. The summed E-state index contributed by atoms with van der Waals surface area (Å²) in [7, 11) is 0. The van der Waals surface area contributed by atoms with Crippen LogP contribution in [-0.2, 0) is 11.3 Å². The SMILES string of the molecule is O=C(Nc1cccc(CN2CCOCC2)c1)c1cc(-c2ccc(F)cc2)n[nH]1. The minimum absolute atomic E-state index is 0.274. The van der Waals surface area contributed by atoms with Crippen LogP contribution in [0.4, 0.5) is 10.1 Å². The Morgan fingerprint density at radius 3 is 2.71 bits per heavy atom. The van der Waals surface area contributed by atoms with Crippen LogP contribution < -0.4 is 5.32 Å². The Morgan fingerprint density at radius 1 is 1.14 bits per heavy atom. The number of rotatable bonds is 5. The number of H-pyrrole nitrogens is 1. The summed E-state index contributed by atoms with van der Waals surface area (Å²) in [5, 5.41) is 9.78. The molecule has 6 nitrogen and oxygen atoms in total. The molecule has 28 heavy (non-hydrogen) atoms. The highest BCUT2D eigenvalue weighted by Crippen LogP contribution is 2.19. The highest BCUT2D eigenvalue weighted by atomic mass is 19.1. The molecule has 1 aromatic heterocycles. The second-order valence-electron chi connectivity index (χ2n) is 6.72. The van der Waals surface area contributed by atoms with Crippen molar-refractivity contribution in [3.63, 3.8) is 0 Å². The lowest BCUT2D eigenvalue weighted by Gasteiger charge is -2.26. The van der Waals surface area contributed by atoms with E-state index in [0.29, 0.717) is 11.4 Å². The molecular weight excluding hydrogens is 359 g/mol. The van der Waals surface area contributed by atoms with Crippen LogP contribution in [0.1, 0.15) is 16.1 Å². The van der Waals surface area contributed by atoms with E-state index < -0.39 is 0 Å². The predicted molar refractivity (Wildman–Crippen MR) is 104 cm³/mol. The smallest absolute Gasteiger partial charge is 0.273 e. The molecule has 0 spiro atoms. The van der Waals surface area contributed by atoms with Gasteiger partial charge in [-0.15, -0.1) is 0 Å². The molecule has 7 heteroatoms. The molecule has 0 radical (unpaired) electrons. The van der Waals surface area contributed by atoms with Crippen LogP contribution in [0, 0.1) is 5.82 Å². The highest BCUT2D eigenvalue weighted by molar-refractivity contribution is 6.03. The zero-order chi connectivity index (χ0) is 19.3. The standard InChI is InChI=1S/C21H21FN4O2/c22-17-6-4-16(5-7-17)19-13-20(25-24-19)21(27)23-18-3-1-2-15(12-18)14-26-8-10-28-11-9-26/h1-7,12-13H,8-11,14H2,(H,23,27)(H,24,25). The van der Waals surface area contributed by atoms with Crippen molar-refractivity contribution in [2.75, 3.05) is 31.6 Å². The first kappa shape index (κ1) is 18.3. The number of carbonyl (C=O) groups excluding carboxylic acids is 1. The van der Waals surface area contributed by atoms with E-state index in [-0.39, 0.29) is 11.7 Å². The number of benzene rings is 2. The lowest BCUT2D eigenvalue weighted by atomic mass is 10.1. The number of carbonyl (C=O) groups is 1. The Bertz CT molecular complexity index is 949. The summed E-state index contributed by atoms with van der Waals surface area (Å²) < 4.78 is 18.4. The van der Waals surface area contributed by atoms with E-state index in [0.717, 1.165) is 49.7 Å². The van der Waals surface area contributed by atoms with Crippen LogP contribution in [0.5, 0.6) is 0 Å². The lowest BCUT2D eigenvalue weighted by molar-refractivity contribution is 0.0342. The van der Waals surface area contributed by atoms with Gasteiger partial charge in [-0.1, -0.05) is 12.1 Å². The first-order valence-corrected chi connectivity index (χ1v) is 9.19. The van der Waals surface area contributed by atoms with Crippen molar-refractivity contribution in [3.8, 4) is 11.3 Å². The molecule has 1 aliphatic rings. The van der Waals surface area contributed by atoms with Crippen LogP contribution in [0.25, 0.3) is 11.3 Å². The molecule has 3 aromatic rings. The van der Waals surface area contributed by atoms with Crippen molar-refractivity contribution < 1.29 is 13.9 Å². The summed E-state index contributed by atoms with van der Waals surface area (Å²) in [5.41, 5.74) is 3.54. The fraction of sp³-hybridized carbons (Fsp3) is 0.238. The molecule has 2 N–H and O–H groups in total. The maximum Gasteiger partial charge on any atom is 0.273 e. The van der Waals surface area contributed by atoms with Gasteiger partial charge in [-0.05, 0) is 48.0 Å². The summed E-state index contributed by atoms with van der Waals surface area (Å²) >= 11 is 0. The second-order valence-corrected chi connectivity index (χ2v) is 6.72. The Hall–Kier alpha value is -3.03. The van der Waals surface area contributed by atoms with Crippen molar-refractivity contribution >= 4 is 11.6 Å². The van der Waals surface area contributed by atoms with Crippen molar-refractivity contribution in [2.24, 2.45) is 0 Å². The zero-order valence-corrected chi connectivity index (χ0v) is 15.3. The number of hydrogen-bond donors (Lipinski definition) is 2. The summed E-state index contributed by atoms with van der Waals surface area (Å²) in [6.45, 7) is 4.17. The van der Waals surface area contributed by atoms with Crippen molar-refractivity contribution in [1.29, 1.82) is 0 Å². The summed E-state index contributed by atoms with van der Waals surface area (Å²) in [4.78, 5) is 14.9. The molecule has 1 saturated heterocycles. The first-order chi connectivity index (χ1) is 13.7. The average Bonchev–Trinajstić information content (AvgIpc) is 3.20. The van der Waals surface area contributed by atoms with E-state index in [1.165, 1.54) is 12.1 Å². The second kappa shape index (κ2) is 8.33. The van der Waals surface area contributed by atoms with Gasteiger partial charge in [-0.3, -0.25) is 14.8 Å². The number of amides is 1. The minimum Gasteiger partial charge on any atom is -0.379 e. The van der Waals surface area contributed by atoms with Gasteiger partial charge in [0.2, 0.25) is 0 Å². The van der Waals surface area contributed by atoms with E-state index in [1.54, 1.807) is 18.2 Å². The van der Waals surface area contributed by atoms with Gasteiger partial charge in [0.15, 0.2) is 0 Å². The number of ether oxygens (including phenoxy) is 1. The number of morpholine rings is 1. The average molecular weight is 380 g/mol. The Balaban J connectivity index is 1.42. The minimum atomic E-state index is -0.311. The third-order valence-electron chi connectivity index (χ3n) is 4.66. The third-order valence-corrected chi connectivity index (χ3v) is 4.66. The van der Waals surface area contributed by atoms with Gasteiger partial charge in [0.25, 0.3) is 5.91 Å². The third kappa shape index (κ3) is 4.44. The van der Waals surface area contributed by atoms with E-state index in [4.69, 9.17) is 4.74 Å². The molecule has 0 aliphatic carbocycles. The summed E-state index contributed by atoms with van der Waals surface area (Å²) in [6, 6.07) is 15.5. The van der Waals surface area contributed by atoms with Gasteiger partial charge >= 0.3 is 0 Å². The monoisotopic (exact) mass is 380 g/mol. The molecule has 0 bridgehead atoms. The zero-order valence-electron chi connectivity index (χ0n) is 15.3. The Kier molecular flexibility index (Phi) is 5.45. The molecule has 144 valence electrons. The van der Waals surface area contributed by atoms with E-state index in [1.807, 2.05) is 24.3 Å². The number of nitrogens with one attached hydrogen (secondary N) is 2. The van der Waals surface area contributed by atoms with Crippen molar-refractivity contribution in [1.82, 2.24) is 15.1 Å². The molecule has 4 rings (SSSR count). The molecule has 0 unspecified atom stereocenters. The molecule has 1 aliphatic heterocycles. The number of aromatic nitrogens is 2. The summed E-state index contributed by atoms with van der Waals surface area (Å²) in [5.74, 6) is -0.585. The van der Waals surface area contributed by atoms with E-state index >= 15 is 0 Å². The number of nitrogens with zero attached hydrogens (tertiary/aromatic N) is 2. The fourth-order valence-corrected chi connectivity index (χ4v) is 3.17. The molecule has 1 fully saturated rings.